The first-order valence-electron chi connectivity index (χ1n) is 15.0. The smallest absolute Gasteiger partial charge is 0.318 e. The number of nitrogens with two attached hydrogens (primary N) is 1. The van der Waals surface area contributed by atoms with Gasteiger partial charge in [0, 0.05) is 43.2 Å². The Morgan fingerprint density at radius 1 is 1.29 bits per heavy atom. The summed E-state index contributed by atoms with van der Waals surface area (Å²) < 4.78 is 27.5. The summed E-state index contributed by atoms with van der Waals surface area (Å²) in [7, 11) is 1.96. The lowest BCUT2D eigenvalue weighted by Gasteiger charge is -2.46. The molecule has 6 atom stereocenters. The number of fused-ring (bicyclic) bond motifs is 4. The van der Waals surface area contributed by atoms with Crippen LogP contribution in [0.2, 0.25) is 0 Å². The van der Waals surface area contributed by atoms with Gasteiger partial charge in [-0.25, -0.2) is 4.39 Å². The molecule has 9 nitrogen and oxygen atoms in total. The number of benzene rings is 1. The molecule has 3 fully saturated rings. The standard InChI is InChI=1S/C31H39FN6O3/c1-18-8-10-31(27-20(18)4-5-23(34)21(27)14-33)13-24-22(16-41-31)28(37(2)25-6-7-26(25)39)36-29(35-24)40-17-30-9-3-11-38(30)15-19(32)12-30/h4-5,18-19,25-26,39H,3,6-13,15-17,34H2,1-2H3. The van der Waals surface area contributed by atoms with Crippen molar-refractivity contribution in [1.82, 2.24) is 14.9 Å². The summed E-state index contributed by atoms with van der Waals surface area (Å²) in [5.74, 6) is 0.996. The van der Waals surface area contributed by atoms with Crippen LogP contribution in [0.5, 0.6) is 6.01 Å². The van der Waals surface area contributed by atoms with Gasteiger partial charge in [-0.2, -0.15) is 15.2 Å². The van der Waals surface area contributed by atoms with Gasteiger partial charge in [-0.1, -0.05) is 13.0 Å². The number of alkyl halides is 1. The van der Waals surface area contributed by atoms with Crippen molar-refractivity contribution in [2.45, 2.75) is 100 Å². The zero-order valence-corrected chi connectivity index (χ0v) is 23.9. The number of anilines is 2. The highest BCUT2D eigenvalue weighted by atomic mass is 19.1. The fourth-order valence-electron chi connectivity index (χ4n) is 8.11. The van der Waals surface area contributed by atoms with E-state index in [0.29, 0.717) is 49.0 Å². The van der Waals surface area contributed by atoms with Gasteiger partial charge in [-0.05, 0) is 62.6 Å². The van der Waals surface area contributed by atoms with Crippen molar-refractivity contribution in [1.29, 1.82) is 5.26 Å². The van der Waals surface area contributed by atoms with E-state index < -0.39 is 17.9 Å². The highest BCUT2D eigenvalue weighted by molar-refractivity contribution is 5.64. The molecule has 2 saturated heterocycles. The predicted octanol–water partition coefficient (Wildman–Crippen LogP) is 3.71. The number of nitriles is 1. The number of hydrogen-bond acceptors (Lipinski definition) is 9. The van der Waals surface area contributed by atoms with E-state index in [-0.39, 0.29) is 24.2 Å². The van der Waals surface area contributed by atoms with Gasteiger partial charge < -0.3 is 25.2 Å². The van der Waals surface area contributed by atoms with Crippen LogP contribution in [-0.2, 0) is 23.4 Å². The topological polar surface area (TPSA) is 121 Å². The van der Waals surface area contributed by atoms with Gasteiger partial charge in [0.15, 0.2) is 0 Å². The Bertz CT molecular complexity index is 1420. The van der Waals surface area contributed by atoms with Crippen LogP contribution in [-0.4, -0.2) is 70.6 Å². The summed E-state index contributed by atoms with van der Waals surface area (Å²) in [4.78, 5) is 14.1. The number of aliphatic hydroxyl groups excluding tert-OH is 1. The lowest BCUT2D eigenvalue weighted by atomic mass is 9.69. The van der Waals surface area contributed by atoms with E-state index >= 15 is 0 Å². The number of nitrogen functional groups attached to an aromatic ring is 1. The second-order valence-corrected chi connectivity index (χ2v) is 12.9. The van der Waals surface area contributed by atoms with Crippen molar-refractivity contribution >= 4 is 11.5 Å². The third kappa shape index (κ3) is 4.19. The number of ether oxygens (including phenoxy) is 2. The number of halogens is 1. The Labute approximate surface area is 240 Å². The maximum Gasteiger partial charge on any atom is 0.318 e. The number of aliphatic hydroxyl groups is 1. The first-order chi connectivity index (χ1) is 19.7. The molecule has 0 bridgehead atoms. The second-order valence-electron chi connectivity index (χ2n) is 12.9. The minimum absolute atomic E-state index is 0.0370. The Kier molecular flexibility index (Phi) is 6.41. The molecule has 1 aromatic heterocycles. The molecular formula is C31H39FN6O3. The van der Waals surface area contributed by atoms with Gasteiger partial charge in [0.05, 0.1) is 35.5 Å². The van der Waals surface area contributed by atoms with Gasteiger partial charge in [-0.3, -0.25) is 4.90 Å². The Balaban J connectivity index is 1.28. The fourth-order valence-corrected chi connectivity index (χ4v) is 8.11. The third-order valence-electron chi connectivity index (χ3n) is 10.6. The second kappa shape index (κ2) is 9.79. The molecule has 6 unspecified atom stereocenters. The molecule has 0 amide bonds. The van der Waals surface area contributed by atoms with Crippen molar-refractivity contribution in [2.24, 2.45) is 0 Å². The van der Waals surface area contributed by atoms with Crippen molar-refractivity contribution in [3.8, 4) is 12.1 Å². The van der Waals surface area contributed by atoms with Crippen LogP contribution >= 0.6 is 0 Å². The van der Waals surface area contributed by atoms with E-state index in [9.17, 15) is 14.8 Å². The van der Waals surface area contributed by atoms with E-state index in [4.69, 9.17) is 25.2 Å². The number of aromatic nitrogens is 2. The molecule has 2 aromatic rings. The fraction of sp³-hybridized carbons (Fsp3) is 0.645. The van der Waals surface area contributed by atoms with E-state index in [2.05, 4.69) is 17.9 Å². The van der Waals surface area contributed by atoms with Crippen LogP contribution in [0.1, 0.15) is 85.7 Å². The summed E-state index contributed by atoms with van der Waals surface area (Å²) >= 11 is 0. The van der Waals surface area contributed by atoms with Crippen LogP contribution in [0, 0.1) is 11.3 Å². The SMILES string of the molecule is CC1CCC2(Cc3nc(OCC45CCCN4CC(F)C5)nc(N(C)C4CCC4O)c3CO2)c2c1ccc(N)c2C#N. The van der Waals surface area contributed by atoms with Crippen LogP contribution in [0.4, 0.5) is 15.9 Å². The average Bonchev–Trinajstić information content (AvgIpc) is 3.48. The first-order valence-corrected chi connectivity index (χ1v) is 15.0. The zero-order valence-electron chi connectivity index (χ0n) is 23.9. The Morgan fingerprint density at radius 2 is 2.15 bits per heavy atom. The summed E-state index contributed by atoms with van der Waals surface area (Å²) in [6.07, 6.45) is 4.96. The molecule has 10 heteroatoms. The lowest BCUT2D eigenvalue weighted by Crippen LogP contribution is -2.50. The molecule has 2 aliphatic carbocycles. The molecule has 0 radical (unpaired) electrons. The van der Waals surface area contributed by atoms with Crippen LogP contribution < -0.4 is 15.4 Å². The molecule has 4 heterocycles. The summed E-state index contributed by atoms with van der Waals surface area (Å²) in [6.45, 7) is 4.17. The average molecular weight is 563 g/mol. The predicted molar refractivity (Wildman–Crippen MR) is 151 cm³/mol. The first kappa shape index (κ1) is 26.9. The molecule has 7 rings (SSSR count). The highest BCUT2D eigenvalue weighted by Gasteiger charge is 2.50. The van der Waals surface area contributed by atoms with Gasteiger partial charge in [0.25, 0.3) is 0 Å². The maximum absolute atomic E-state index is 14.4. The van der Waals surface area contributed by atoms with Crippen LogP contribution in [0.15, 0.2) is 12.1 Å². The molecule has 41 heavy (non-hydrogen) atoms. The van der Waals surface area contributed by atoms with E-state index in [1.807, 2.05) is 24.1 Å². The minimum Gasteiger partial charge on any atom is -0.461 e. The quantitative estimate of drug-likeness (QED) is 0.526. The van der Waals surface area contributed by atoms with Gasteiger partial charge >= 0.3 is 6.01 Å². The monoisotopic (exact) mass is 562 g/mol. The van der Waals surface area contributed by atoms with E-state index in [1.54, 1.807) is 0 Å². The van der Waals surface area contributed by atoms with Crippen molar-refractivity contribution < 1.29 is 19.0 Å². The van der Waals surface area contributed by atoms with Crippen molar-refractivity contribution in [2.75, 3.05) is 37.4 Å². The molecule has 3 N–H and O–H groups in total. The third-order valence-corrected chi connectivity index (χ3v) is 10.6. The zero-order chi connectivity index (χ0) is 28.5. The largest absolute Gasteiger partial charge is 0.461 e. The Morgan fingerprint density at radius 3 is 2.90 bits per heavy atom. The van der Waals surface area contributed by atoms with Crippen molar-refractivity contribution in [3.05, 3.63) is 40.1 Å². The summed E-state index contributed by atoms with van der Waals surface area (Å²) in [5, 5.41) is 20.6. The minimum atomic E-state index is -0.835. The molecule has 3 aliphatic heterocycles. The summed E-state index contributed by atoms with van der Waals surface area (Å²) in [6, 6.07) is 6.46. The molecule has 5 aliphatic rings. The van der Waals surface area contributed by atoms with Crippen molar-refractivity contribution in [3.63, 3.8) is 0 Å². The van der Waals surface area contributed by atoms with Gasteiger partial charge in [0.1, 0.15) is 30.3 Å². The Hall–Kier alpha value is -3.00. The number of nitrogens with zero attached hydrogens (tertiary/aromatic N) is 5. The number of rotatable bonds is 5. The summed E-state index contributed by atoms with van der Waals surface area (Å²) in [5.41, 5.74) is 9.93. The van der Waals surface area contributed by atoms with Gasteiger partial charge in [-0.15, -0.1) is 0 Å². The highest BCUT2D eigenvalue weighted by Crippen LogP contribution is 2.51. The number of likely N-dealkylation sites (N-methyl/N-ethyl adjacent to an activating group) is 1. The molecule has 218 valence electrons. The molecule has 1 aromatic carbocycles. The molecular weight excluding hydrogens is 523 g/mol. The lowest BCUT2D eigenvalue weighted by molar-refractivity contribution is -0.0874. The molecule has 1 spiro atoms. The maximum atomic E-state index is 14.4. The molecule has 1 saturated carbocycles. The number of hydrogen-bond donors (Lipinski definition) is 2. The van der Waals surface area contributed by atoms with Gasteiger partial charge in [0.2, 0.25) is 0 Å². The van der Waals surface area contributed by atoms with Crippen LogP contribution in [0.3, 0.4) is 0 Å². The normalized spacial score (nSPS) is 33.9. The van der Waals surface area contributed by atoms with Crippen LogP contribution in [0.25, 0.3) is 0 Å². The van der Waals surface area contributed by atoms with E-state index in [1.165, 1.54) is 0 Å². The van der Waals surface area contributed by atoms with E-state index in [0.717, 1.165) is 67.5 Å².